The number of carbonyl (C=O) groups excluding carboxylic acids is 2. The largest absolute Gasteiger partial charge is 0.384 e. The Hall–Kier alpha value is -1.83. The topological polar surface area (TPSA) is 110 Å². The molecule has 3 rings (SSSR count). The van der Waals surface area contributed by atoms with Crippen LogP contribution in [0.25, 0.3) is 0 Å². The molecule has 25 heavy (non-hydrogen) atoms. The molecule has 1 heterocycles. The summed E-state index contributed by atoms with van der Waals surface area (Å²) in [5, 5.41) is 5.74. The van der Waals surface area contributed by atoms with Gasteiger partial charge in [0.2, 0.25) is 5.91 Å². The van der Waals surface area contributed by atoms with Gasteiger partial charge in [0, 0.05) is 17.8 Å². The van der Waals surface area contributed by atoms with Crippen molar-refractivity contribution in [2.24, 2.45) is 17.8 Å². The summed E-state index contributed by atoms with van der Waals surface area (Å²) in [6, 6.07) is 1.33. The van der Waals surface area contributed by atoms with Gasteiger partial charge in [0.15, 0.2) is 5.16 Å². The Bertz CT molecular complexity index is 648. The molecule has 4 atom stereocenters. The normalized spacial score (nSPS) is 25.6. The highest BCUT2D eigenvalue weighted by atomic mass is 32.2. The second-order valence-corrected chi connectivity index (χ2v) is 8.10. The average molecular weight is 363 g/mol. The molecule has 4 N–H and O–H groups in total. The van der Waals surface area contributed by atoms with Gasteiger partial charge in [-0.15, -0.1) is 0 Å². The van der Waals surface area contributed by atoms with Gasteiger partial charge in [0.25, 0.3) is 0 Å². The van der Waals surface area contributed by atoms with E-state index in [0.717, 1.165) is 29.3 Å². The van der Waals surface area contributed by atoms with Gasteiger partial charge in [-0.1, -0.05) is 18.2 Å². The van der Waals surface area contributed by atoms with Crippen LogP contribution < -0.4 is 16.4 Å². The highest BCUT2D eigenvalue weighted by Crippen LogP contribution is 2.49. The minimum atomic E-state index is -0.425. The molecule has 2 saturated carbocycles. The van der Waals surface area contributed by atoms with Gasteiger partial charge >= 0.3 is 6.03 Å². The third-order valence-corrected chi connectivity index (χ3v) is 6.08. The molecule has 0 spiro atoms. The summed E-state index contributed by atoms with van der Waals surface area (Å²) >= 11 is 1.16. The van der Waals surface area contributed by atoms with Crippen molar-refractivity contribution in [2.75, 3.05) is 11.5 Å². The third-order valence-electron chi connectivity index (χ3n) is 5.23. The second kappa shape index (κ2) is 7.59. The minimum Gasteiger partial charge on any atom is -0.384 e. The van der Waals surface area contributed by atoms with E-state index in [1.807, 2.05) is 13.8 Å². The number of thioether (sulfide) groups is 1. The van der Waals surface area contributed by atoms with Gasteiger partial charge in [-0.25, -0.2) is 14.8 Å². The Kier molecular flexibility index (Phi) is 5.46. The molecule has 7 nitrogen and oxygen atoms in total. The van der Waals surface area contributed by atoms with Crippen LogP contribution in [-0.2, 0) is 4.79 Å². The average Bonchev–Trinajstić information content (AvgIpc) is 3.15. The van der Waals surface area contributed by atoms with E-state index in [0.29, 0.717) is 16.9 Å². The van der Waals surface area contributed by atoms with E-state index in [1.54, 1.807) is 6.07 Å². The fourth-order valence-corrected chi connectivity index (χ4v) is 4.89. The molecule has 0 radical (unpaired) electrons. The van der Waals surface area contributed by atoms with Crippen LogP contribution in [0.5, 0.6) is 0 Å². The standard InChI is InChI=1S/C17H25N5O2S/c1-9-5-14(18)21-17(19-9)25-8-15(23)22-16(24)20-10(2)13-7-11-3-4-12(13)6-11/h5,10-13H,3-4,6-8H2,1-2H3,(H2,18,19,21)(H2,20,22,23,24)/t10-,11+,12+,13-/m1/s1. The van der Waals surface area contributed by atoms with Crippen molar-refractivity contribution in [1.29, 1.82) is 0 Å². The molecule has 2 bridgehead atoms. The summed E-state index contributed by atoms with van der Waals surface area (Å²) < 4.78 is 0. The Morgan fingerprint density at radius 1 is 1.36 bits per heavy atom. The number of amides is 3. The number of aryl methyl sites for hydroxylation is 1. The van der Waals surface area contributed by atoms with Crippen LogP contribution in [0.3, 0.4) is 0 Å². The molecule has 3 amide bonds. The lowest BCUT2D eigenvalue weighted by Crippen LogP contribution is -2.47. The van der Waals surface area contributed by atoms with Crippen LogP contribution in [0.15, 0.2) is 11.2 Å². The number of nitrogens with two attached hydrogens (primary N) is 1. The monoisotopic (exact) mass is 363 g/mol. The molecule has 8 heteroatoms. The number of rotatable bonds is 5. The molecular formula is C17H25N5O2S. The Morgan fingerprint density at radius 2 is 2.16 bits per heavy atom. The van der Waals surface area contributed by atoms with E-state index in [1.165, 1.54) is 25.7 Å². The number of urea groups is 1. The van der Waals surface area contributed by atoms with Crippen molar-refractivity contribution in [1.82, 2.24) is 20.6 Å². The zero-order chi connectivity index (χ0) is 18.0. The number of imide groups is 1. The van der Waals surface area contributed by atoms with Crippen LogP contribution in [0.2, 0.25) is 0 Å². The lowest BCUT2D eigenvalue weighted by molar-refractivity contribution is -0.117. The Morgan fingerprint density at radius 3 is 2.80 bits per heavy atom. The van der Waals surface area contributed by atoms with E-state index in [4.69, 9.17) is 5.73 Å². The van der Waals surface area contributed by atoms with Crippen molar-refractivity contribution in [3.05, 3.63) is 11.8 Å². The summed E-state index contributed by atoms with van der Waals surface area (Å²) in [5.41, 5.74) is 6.40. The first-order valence-corrected chi connectivity index (χ1v) is 9.73. The maximum atomic E-state index is 12.0. The first kappa shape index (κ1) is 18.0. The van der Waals surface area contributed by atoms with Crippen LogP contribution in [0, 0.1) is 24.7 Å². The molecule has 2 aliphatic carbocycles. The number of hydrogen-bond acceptors (Lipinski definition) is 6. The Balaban J connectivity index is 1.42. The lowest BCUT2D eigenvalue weighted by Gasteiger charge is -2.28. The van der Waals surface area contributed by atoms with Gasteiger partial charge in [-0.3, -0.25) is 10.1 Å². The van der Waals surface area contributed by atoms with Crippen molar-refractivity contribution < 1.29 is 9.59 Å². The number of aromatic nitrogens is 2. The van der Waals surface area contributed by atoms with E-state index in [9.17, 15) is 9.59 Å². The number of nitrogen functional groups attached to an aromatic ring is 1. The van der Waals surface area contributed by atoms with Crippen molar-refractivity contribution in [3.63, 3.8) is 0 Å². The zero-order valence-electron chi connectivity index (χ0n) is 14.6. The summed E-state index contributed by atoms with van der Waals surface area (Å²) in [7, 11) is 0. The van der Waals surface area contributed by atoms with Crippen molar-refractivity contribution in [3.8, 4) is 0 Å². The quantitative estimate of drug-likeness (QED) is 0.546. The highest BCUT2D eigenvalue weighted by molar-refractivity contribution is 7.99. The lowest BCUT2D eigenvalue weighted by atomic mass is 9.84. The molecule has 0 saturated heterocycles. The summed E-state index contributed by atoms with van der Waals surface area (Å²) in [6.07, 6.45) is 5.11. The van der Waals surface area contributed by atoms with Gasteiger partial charge in [0.05, 0.1) is 5.75 Å². The number of hydrogen-bond donors (Lipinski definition) is 3. The van der Waals surface area contributed by atoms with Crippen LogP contribution in [0.1, 0.15) is 38.3 Å². The van der Waals surface area contributed by atoms with Gasteiger partial charge in [0.1, 0.15) is 5.82 Å². The first-order chi connectivity index (χ1) is 11.9. The molecular weight excluding hydrogens is 338 g/mol. The summed E-state index contributed by atoms with van der Waals surface area (Å²) in [6.45, 7) is 3.85. The Labute approximate surface area is 151 Å². The summed E-state index contributed by atoms with van der Waals surface area (Å²) in [5.74, 6) is 2.17. The molecule has 1 aromatic rings. The fraction of sp³-hybridized carbons (Fsp3) is 0.647. The van der Waals surface area contributed by atoms with Crippen LogP contribution in [0.4, 0.5) is 10.6 Å². The zero-order valence-corrected chi connectivity index (χ0v) is 15.4. The molecule has 0 unspecified atom stereocenters. The summed E-state index contributed by atoms with van der Waals surface area (Å²) in [4.78, 5) is 32.2. The van der Waals surface area contributed by atoms with E-state index in [-0.39, 0.29) is 17.7 Å². The van der Waals surface area contributed by atoms with Gasteiger partial charge in [-0.2, -0.15) is 0 Å². The SMILES string of the molecule is Cc1cc(N)nc(SCC(=O)NC(=O)N[C@H](C)[C@H]2C[C@H]3CC[C@H]2C3)n1. The molecule has 136 valence electrons. The molecule has 2 aliphatic rings. The van der Waals surface area contributed by atoms with Gasteiger partial charge in [-0.05, 0) is 50.9 Å². The molecule has 0 aromatic carbocycles. The maximum Gasteiger partial charge on any atom is 0.321 e. The first-order valence-electron chi connectivity index (χ1n) is 8.75. The van der Waals surface area contributed by atoms with Crippen LogP contribution in [-0.4, -0.2) is 33.7 Å². The minimum absolute atomic E-state index is 0.0683. The number of nitrogens with zero attached hydrogens (tertiary/aromatic N) is 2. The maximum absolute atomic E-state index is 12.0. The predicted octanol–water partition coefficient (Wildman–Crippen LogP) is 2.11. The third kappa shape index (κ3) is 4.62. The predicted molar refractivity (Wildman–Crippen MR) is 97.0 cm³/mol. The van der Waals surface area contributed by atoms with Gasteiger partial charge < -0.3 is 11.1 Å². The molecule has 1 aromatic heterocycles. The van der Waals surface area contributed by atoms with E-state index < -0.39 is 6.03 Å². The fourth-order valence-electron chi connectivity index (χ4n) is 4.18. The van der Waals surface area contributed by atoms with Crippen molar-refractivity contribution in [2.45, 2.75) is 50.7 Å². The number of fused-ring (bicyclic) bond motifs is 2. The number of anilines is 1. The number of nitrogens with one attached hydrogen (secondary N) is 2. The van der Waals surface area contributed by atoms with Crippen LogP contribution >= 0.6 is 11.8 Å². The molecule has 0 aliphatic heterocycles. The van der Waals surface area contributed by atoms with E-state index in [2.05, 4.69) is 20.6 Å². The smallest absolute Gasteiger partial charge is 0.321 e. The molecule has 2 fully saturated rings. The highest BCUT2D eigenvalue weighted by Gasteiger charge is 2.42. The van der Waals surface area contributed by atoms with Crippen molar-refractivity contribution >= 4 is 29.5 Å². The second-order valence-electron chi connectivity index (χ2n) is 7.15. The number of carbonyl (C=O) groups is 2. The van der Waals surface area contributed by atoms with E-state index >= 15 is 0 Å².